The highest BCUT2D eigenvalue weighted by molar-refractivity contribution is 9.09. The molecule has 1 heterocycles. The van der Waals surface area contributed by atoms with Gasteiger partial charge in [-0.15, -0.1) is 0 Å². The van der Waals surface area contributed by atoms with Crippen molar-refractivity contribution in [3.63, 3.8) is 0 Å². The third-order valence-corrected chi connectivity index (χ3v) is 2.89. The molecule has 2 atom stereocenters. The molecule has 1 aromatic carbocycles. The summed E-state index contributed by atoms with van der Waals surface area (Å²) in [5, 5.41) is 3.40. The second kappa shape index (κ2) is 2.61. The predicted molar refractivity (Wildman–Crippen MR) is 49.7 cm³/mol. The van der Waals surface area contributed by atoms with Gasteiger partial charge in [0, 0.05) is 6.04 Å². The van der Waals surface area contributed by atoms with E-state index in [1.165, 1.54) is 11.1 Å². The van der Waals surface area contributed by atoms with Crippen LogP contribution in [0.3, 0.4) is 0 Å². The summed E-state index contributed by atoms with van der Waals surface area (Å²) in [5.74, 6) is 0. The molecule has 2 heteroatoms. The Bertz CT molecular complexity index is 245. The lowest BCUT2D eigenvalue weighted by atomic mass is 10.1. The summed E-state index contributed by atoms with van der Waals surface area (Å²) in [4.78, 5) is 0.341. The highest BCUT2D eigenvalue weighted by Crippen LogP contribution is 2.35. The molecule has 1 nitrogen and oxygen atoms in total. The molecule has 58 valence electrons. The fraction of sp³-hybridized carbons (Fsp3) is 0.333. The first-order valence-corrected chi connectivity index (χ1v) is 4.69. The molecule has 0 bridgehead atoms. The molecular weight excluding hydrogens is 202 g/mol. The number of nitrogens with one attached hydrogen (secondary N) is 1. The van der Waals surface area contributed by atoms with E-state index in [4.69, 9.17) is 0 Å². The minimum Gasteiger partial charge on any atom is -0.294 e. The summed E-state index contributed by atoms with van der Waals surface area (Å²) >= 11 is 3.57. The smallest absolute Gasteiger partial charge is 0.0894 e. The molecule has 0 aromatic heterocycles. The first-order chi connectivity index (χ1) is 5.29. The molecule has 1 aliphatic heterocycles. The molecular formula is C9H10BrN. The van der Waals surface area contributed by atoms with Gasteiger partial charge in [-0.2, -0.15) is 0 Å². The second-order valence-electron chi connectivity index (χ2n) is 2.88. The Balaban J connectivity index is 2.52. The highest BCUT2D eigenvalue weighted by atomic mass is 79.9. The van der Waals surface area contributed by atoms with Gasteiger partial charge >= 0.3 is 0 Å². The van der Waals surface area contributed by atoms with E-state index in [0.717, 1.165) is 0 Å². The number of benzene rings is 1. The van der Waals surface area contributed by atoms with E-state index in [2.05, 4.69) is 52.4 Å². The van der Waals surface area contributed by atoms with Crippen molar-refractivity contribution in [2.45, 2.75) is 17.9 Å². The minimum absolute atomic E-state index is 0.341. The van der Waals surface area contributed by atoms with Gasteiger partial charge in [-0.3, -0.25) is 5.32 Å². The molecule has 0 saturated carbocycles. The van der Waals surface area contributed by atoms with Gasteiger partial charge in [0.2, 0.25) is 0 Å². The molecule has 0 radical (unpaired) electrons. The summed E-state index contributed by atoms with van der Waals surface area (Å²) in [5.41, 5.74) is 2.79. The van der Waals surface area contributed by atoms with Crippen LogP contribution in [0.1, 0.15) is 29.0 Å². The van der Waals surface area contributed by atoms with Crippen LogP contribution in [-0.4, -0.2) is 0 Å². The third-order valence-electron chi connectivity index (χ3n) is 2.13. The van der Waals surface area contributed by atoms with Crippen molar-refractivity contribution in [1.29, 1.82) is 0 Å². The molecule has 1 aliphatic rings. The van der Waals surface area contributed by atoms with Crippen molar-refractivity contribution in [2.75, 3.05) is 0 Å². The standard InChI is InChI=1S/C9H10BrN/c1-6-7-4-2-3-5-8(7)9(10)11-6/h2-6,9,11H,1H3. The number of halogens is 1. The lowest BCUT2D eigenvalue weighted by Gasteiger charge is -2.02. The molecule has 0 spiro atoms. The molecule has 0 fully saturated rings. The van der Waals surface area contributed by atoms with Crippen LogP contribution in [0.25, 0.3) is 0 Å². The van der Waals surface area contributed by atoms with Crippen molar-refractivity contribution in [3.05, 3.63) is 35.4 Å². The van der Waals surface area contributed by atoms with E-state index in [0.29, 0.717) is 11.0 Å². The molecule has 2 rings (SSSR count). The number of hydrogen-bond donors (Lipinski definition) is 1. The van der Waals surface area contributed by atoms with Gasteiger partial charge in [0.25, 0.3) is 0 Å². The molecule has 0 aliphatic carbocycles. The van der Waals surface area contributed by atoms with Crippen LogP contribution in [0.2, 0.25) is 0 Å². The summed E-state index contributed by atoms with van der Waals surface area (Å²) < 4.78 is 0. The van der Waals surface area contributed by atoms with E-state index >= 15 is 0 Å². The number of hydrogen-bond acceptors (Lipinski definition) is 1. The van der Waals surface area contributed by atoms with E-state index in [1.54, 1.807) is 0 Å². The van der Waals surface area contributed by atoms with Crippen LogP contribution in [-0.2, 0) is 0 Å². The van der Waals surface area contributed by atoms with Crippen LogP contribution in [0.5, 0.6) is 0 Å². The van der Waals surface area contributed by atoms with Gasteiger partial charge in [-0.05, 0) is 18.1 Å². The maximum atomic E-state index is 3.57. The second-order valence-corrected chi connectivity index (χ2v) is 3.80. The Kier molecular flexibility index (Phi) is 1.74. The Morgan fingerprint density at radius 2 is 1.91 bits per heavy atom. The molecule has 11 heavy (non-hydrogen) atoms. The number of fused-ring (bicyclic) bond motifs is 1. The minimum atomic E-state index is 0.341. The van der Waals surface area contributed by atoms with Gasteiger partial charge in [0.1, 0.15) is 0 Å². The average Bonchev–Trinajstić information content (AvgIpc) is 2.30. The van der Waals surface area contributed by atoms with Gasteiger partial charge < -0.3 is 0 Å². The van der Waals surface area contributed by atoms with E-state index in [-0.39, 0.29) is 0 Å². The third kappa shape index (κ3) is 1.10. The van der Waals surface area contributed by atoms with Crippen LogP contribution in [0, 0.1) is 0 Å². The fourth-order valence-electron chi connectivity index (χ4n) is 1.54. The normalized spacial score (nSPS) is 28.5. The molecule has 1 N–H and O–H groups in total. The quantitative estimate of drug-likeness (QED) is 0.515. The summed E-state index contributed by atoms with van der Waals surface area (Å²) in [7, 11) is 0. The SMILES string of the molecule is CC1NC(Br)c2ccccc21. The number of alkyl halides is 1. The highest BCUT2D eigenvalue weighted by Gasteiger charge is 2.23. The maximum absolute atomic E-state index is 3.57. The molecule has 2 unspecified atom stereocenters. The van der Waals surface area contributed by atoms with Crippen LogP contribution in [0.4, 0.5) is 0 Å². The Morgan fingerprint density at radius 1 is 1.27 bits per heavy atom. The zero-order chi connectivity index (χ0) is 7.84. The fourth-order valence-corrected chi connectivity index (χ4v) is 2.35. The zero-order valence-electron chi connectivity index (χ0n) is 6.34. The first-order valence-electron chi connectivity index (χ1n) is 3.78. The van der Waals surface area contributed by atoms with E-state index < -0.39 is 0 Å². The Hall–Kier alpha value is -0.340. The van der Waals surface area contributed by atoms with Gasteiger partial charge in [0.05, 0.1) is 4.95 Å². The van der Waals surface area contributed by atoms with Crippen LogP contribution < -0.4 is 5.32 Å². The summed E-state index contributed by atoms with van der Waals surface area (Å²) in [6.07, 6.45) is 0. The summed E-state index contributed by atoms with van der Waals surface area (Å²) in [6.45, 7) is 2.18. The van der Waals surface area contributed by atoms with Crippen LogP contribution >= 0.6 is 15.9 Å². The predicted octanol–water partition coefficient (Wildman–Crippen LogP) is 2.74. The maximum Gasteiger partial charge on any atom is 0.0894 e. The topological polar surface area (TPSA) is 12.0 Å². The first kappa shape index (κ1) is 7.32. The largest absolute Gasteiger partial charge is 0.294 e. The molecule has 0 saturated heterocycles. The zero-order valence-corrected chi connectivity index (χ0v) is 7.93. The van der Waals surface area contributed by atoms with Crippen molar-refractivity contribution in [3.8, 4) is 0 Å². The van der Waals surface area contributed by atoms with Crippen LogP contribution in [0.15, 0.2) is 24.3 Å². The lowest BCUT2D eigenvalue weighted by molar-refractivity contribution is 0.630. The van der Waals surface area contributed by atoms with Gasteiger partial charge in [-0.1, -0.05) is 40.2 Å². The monoisotopic (exact) mass is 211 g/mol. The molecule has 0 amide bonds. The van der Waals surface area contributed by atoms with Gasteiger partial charge in [0.15, 0.2) is 0 Å². The number of rotatable bonds is 0. The Labute approximate surface area is 74.9 Å². The van der Waals surface area contributed by atoms with Gasteiger partial charge in [-0.25, -0.2) is 0 Å². The average molecular weight is 212 g/mol. The lowest BCUT2D eigenvalue weighted by Crippen LogP contribution is -2.09. The van der Waals surface area contributed by atoms with Crippen molar-refractivity contribution < 1.29 is 0 Å². The Morgan fingerprint density at radius 3 is 2.55 bits per heavy atom. The summed E-state index contributed by atoms with van der Waals surface area (Å²) in [6, 6.07) is 8.98. The van der Waals surface area contributed by atoms with E-state index in [9.17, 15) is 0 Å². The molecule has 1 aromatic rings. The van der Waals surface area contributed by atoms with Crippen molar-refractivity contribution in [1.82, 2.24) is 5.32 Å². The van der Waals surface area contributed by atoms with Crippen molar-refractivity contribution in [2.24, 2.45) is 0 Å². The van der Waals surface area contributed by atoms with Crippen molar-refractivity contribution >= 4 is 15.9 Å². The van der Waals surface area contributed by atoms with E-state index in [1.807, 2.05) is 0 Å².